The van der Waals surface area contributed by atoms with Crippen molar-refractivity contribution < 1.29 is 19.4 Å². The van der Waals surface area contributed by atoms with Gasteiger partial charge in [-0.25, -0.2) is 0 Å². The highest BCUT2D eigenvalue weighted by atomic mass is 16.6. The molecule has 1 aromatic carbocycles. The summed E-state index contributed by atoms with van der Waals surface area (Å²) < 4.78 is 12.1. The SMILES string of the molecule is CN(C)c1ccc2c(c1)[C@H]1C[C@@H](CC(=O)NCC3CC3)O[C@@H](CO)[C@H]1O2. The van der Waals surface area contributed by atoms with Crippen molar-refractivity contribution in [1.82, 2.24) is 5.32 Å². The quantitative estimate of drug-likeness (QED) is 0.807. The van der Waals surface area contributed by atoms with Gasteiger partial charge in [-0.3, -0.25) is 4.79 Å². The van der Waals surface area contributed by atoms with E-state index < -0.39 is 6.10 Å². The summed E-state index contributed by atoms with van der Waals surface area (Å²) in [5.74, 6) is 1.72. The van der Waals surface area contributed by atoms with Gasteiger partial charge in [-0.05, 0) is 43.4 Å². The number of amides is 1. The summed E-state index contributed by atoms with van der Waals surface area (Å²) in [6.45, 7) is 0.676. The molecule has 2 heterocycles. The number of nitrogens with zero attached hydrogens (tertiary/aromatic N) is 1. The van der Waals surface area contributed by atoms with Crippen molar-refractivity contribution in [3.8, 4) is 5.75 Å². The molecule has 0 aromatic heterocycles. The minimum atomic E-state index is -0.398. The average Bonchev–Trinajstić information content (AvgIpc) is 3.39. The fourth-order valence-electron chi connectivity index (χ4n) is 4.01. The minimum absolute atomic E-state index is 0.0400. The third-order valence-corrected chi connectivity index (χ3v) is 5.70. The molecule has 0 unspecified atom stereocenters. The van der Waals surface area contributed by atoms with Gasteiger partial charge in [0.15, 0.2) is 0 Å². The number of nitrogens with one attached hydrogen (secondary N) is 1. The molecule has 142 valence electrons. The summed E-state index contributed by atoms with van der Waals surface area (Å²) in [7, 11) is 4.03. The van der Waals surface area contributed by atoms with Crippen LogP contribution >= 0.6 is 0 Å². The van der Waals surface area contributed by atoms with Crippen LogP contribution in [0.2, 0.25) is 0 Å². The number of carbonyl (C=O) groups excluding carboxylic acids is 1. The van der Waals surface area contributed by atoms with Gasteiger partial charge < -0.3 is 24.8 Å². The first kappa shape index (κ1) is 17.6. The molecule has 1 amide bonds. The Labute approximate surface area is 154 Å². The van der Waals surface area contributed by atoms with Crippen LogP contribution in [-0.4, -0.2) is 56.6 Å². The summed E-state index contributed by atoms with van der Waals surface area (Å²) in [5, 5.41) is 12.8. The van der Waals surface area contributed by atoms with Crippen LogP contribution in [0.3, 0.4) is 0 Å². The third kappa shape index (κ3) is 3.53. The molecule has 6 nitrogen and oxygen atoms in total. The van der Waals surface area contributed by atoms with E-state index in [1.165, 1.54) is 12.8 Å². The number of carbonyl (C=O) groups is 1. The smallest absolute Gasteiger partial charge is 0.222 e. The van der Waals surface area contributed by atoms with E-state index in [-0.39, 0.29) is 30.6 Å². The van der Waals surface area contributed by atoms with Crippen LogP contribution in [0.15, 0.2) is 18.2 Å². The minimum Gasteiger partial charge on any atom is -0.487 e. The van der Waals surface area contributed by atoms with E-state index in [2.05, 4.69) is 16.3 Å². The number of benzene rings is 1. The number of ether oxygens (including phenoxy) is 2. The van der Waals surface area contributed by atoms with Gasteiger partial charge in [0, 0.05) is 37.8 Å². The highest BCUT2D eigenvalue weighted by Gasteiger charge is 2.46. The molecule has 3 aliphatic rings. The zero-order chi connectivity index (χ0) is 18.3. The van der Waals surface area contributed by atoms with Crippen LogP contribution in [0.25, 0.3) is 0 Å². The Balaban J connectivity index is 1.47. The van der Waals surface area contributed by atoms with Gasteiger partial charge in [-0.1, -0.05) is 0 Å². The molecule has 2 N–H and O–H groups in total. The number of rotatable bonds is 6. The first-order valence-corrected chi connectivity index (χ1v) is 9.56. The van der Waals surface area contributed by atoms with Gasteiger partial charge in [-0.15, -0.1) is 0 Å². The highest BCUT2D eigenvalue weighted by Crippen LogP contribution is 2.47. The Morgan fingerprint density at radius 2 is 2.15 bits per heavy atom. The maximum Gasteiger partial charge on any atom is 0.222 e. The van der Waals surface area contributed by atoms with Gasteiger partial charge in [0.25, 0.3) is 0 Å². The lowest BCUT2D eigenvalue weighted by molar-refractivity contribution is -0.142. The lowest BCUT2D eigenvalue weighted by Crippen LogP contribution is -2.47. The molecule has 6 heteroatoms. The summed E-state index contributed by atoms with van der Waals surface area (Å²) >= 11 is 0. The Bertz CT molecular complexity index is 674. The molecule has 1 saturated heterocycles. The fraction of sp³-hybridized carbons (Fsp3) is 0.650. The van der Waals surface area contributed by atoms with Crippen LogP contribution < -0.4 is 15.0 Å². The first-order valence-electron chi connectivity index (χ1n) is 9.56. The lowest BCUT2D eigenvalue weighted by Gasteiger charge is -2.37. The summed E-state index contributed by atoms with van der Waals surface area (Å²) in [4.78, 5) is 14.3. The maximum absolute atomic E-state index is 12.2. The maximum atomic E-state index is 12.2. The molecule has 1 aromatic rings. The second kappa shape index (κ2) is 7.08. The number of aliphatic hydroxyl groups excluding tert-OH is 1. The van der Waals surface area contributed by atoms with Crippen LogP contribution in [-0.2, 0) is 9.53 Å². The monoisotopic (exact) mass is 360 g/mol. The Kier molecular flexibility index (Phi) is 4.80. The lowest BCUT2D eigenvalue weighted by atomic mass is 9.84. The largest absolute Gasteiger partial charge is 0.487 e. The predicted molar refractivity (Wildman–Crippen MR) is 98.6 cm³/mol. The van der Waals surface area contributed by atoms with E-state index in [0.29, 0.717) is 12.3 Å². The Hall–Kier alpha value is -1.79. The van der Waals surface area contributed by atoms with Crippen molar-refractivity contribution in [3.05, 3.63) is 23.8 Å². The van der Waals surface area contributed by atoms with Crippen LogP contribution in [0.4, 0.5) is 5.69 Å². The number of hydrogen-bond acceptors (Lipinski definition) is 5. The summed E-state index contributed by atoms with van der Waals surface area (Å²) in [6.07, 6.45) is 2.75. The summed E-state index contributed by atoms with van der Waals surface area (Å²) in [5.41, 5.74) is 2.28. The predicted octanol–water partition coefficient (Wildman–Crippen LogP) is 1.66. The second-order valence-corrected chi connectivity index (χ2v) is 7.97. The van der Waals surface area contributed by atoms with E-state index in [4.69, 9.17) is 9.47 Å². The average molecular weight is 360 g/mol. The van der Waals surface area contributed by atoms with Gasteiger partial charge in [0.1, 0.15) is 18.0 Å². The molecular weight excluding hydrogens is 332 g/mol. The van der Waals surface area contributed by atoms with Crippen molar-refractivity contribution in [3.63, 3.8) is 0 Å². The molecule has 1 saturated carbocycles. The van der Waals surface area contributed by atoms with Crippen molar-refractivity contribution in [2.24, 2.45) is 5.92 Å². The van der Waals surface area contributed by atoms with E-state index in [9.17, 15) is 9.90 Å². The molecule has 0 radical (unpaired) electrons. The van der Waals surface area contributed by atoms with Gasteiger partial charge >= 0.3 is 0 Å². The molecule has 4 atom stereocenters. The Morgan fingerprint density at radius 1 is 1.35 bits per heavy atom. The van der Waals surface area contributed by atoms with Crippen molar-refractivity contribution in [2.45, 2.75) is 49.9 Å². The van der Waals surface area contributed by atoms with Crippen molar-refractivity contribution >= 4 is 11.6 Å². The highest BCUT2D eigenvalue weighted by molar-refractivity contribution is 5.76. The van der Waals surface area contributed by atoms with Crippen LogP contribution in [0.1, 0.15) is 37.2 Å². The number of hydrogen-bond donors (Lipinski definition) is 2. The van der Waals surface area contributed by atoms with E-state index >= 15 is 0 Å². The molecule has 0 spiro atoms. The van der Waals surface area contributed by atoms with E-state index in [0.717, 1.165) is 30.0 Å². The Morgan fingerprint density at radius 3 is 2.85 bits per heavy atom. The summed E-state index contributed by atoms with van der Waals surface area (Å²) in [6, 6.07) is 6.19. The van der Waals surface area contributed by atoms with E-state index in [1.54, 1.807) is 0 Å². The topological polar surface area (TPSA) is 71.0 Å². The zero-order valence-corrected chi connectivity index (χ0v) is 15.5. The molecule has 2 fully saturated rings. The van der Waals surface area contributed by atoms with Gasteiger partial charge in [0.2, 0.25) is 5.91 Å². The number of aliphatic hydroxyl groups is 1. The molecule has 26 heavy (non-hydrogen) atoms. The number of fused-ring (bicyclic) bond motifs is 3. The normalized spacial score (nSPS) is 29.5. The first-order chi connectivity index (χ1) is 12.5. The van der Waals surface area contributed by atoms with Crippen molar-refractivity contribution in [1.29, 1.82) is 0 Å². The van der Waals surface area contributed by atoms with Gasteiger partial charge in [-0.2, -0.15) is 0 Å². The molecule has 0 bridgehead atoms. The second-order valence-electron chi connectivity index (χ2n) is 7.97. The van der Waals surface area contributed by atoms with E-state index in [1.807, 2.05) is 26.2 Å². The molecule has 4 rings (SSSR count). The third-order valence-electron chi connectivity index (χ3n) is 5.70. The standard InChI is InChI=1S/C20H28N2O4/c1-22(2)13-5-6-17-15(7-13)16-8-14(25-18(11-23)20(16)26-17)9-19(24)21-10-12-3-4-12/h5-7,12,14,16,18,20,23H,3-4,8-11H2,1-2H3,(H,21,24)/t14-,16+,18-,20-/m0/s1. The molecular formula is C20H28N2O4. The fourth-order valence-corrected chi connectivity index (χ4v) is 4.01. The van der Waals surface area contributed by atoms with Gasteiger partial charge in [0.05, 0.1) is 19.1 Å². The number of anilines is 1. The molecule has 1 aliphatic carbocycles. The zero-order valence-electron chi connectivity index (χ0n) is 15.5. The van der Waals surface area contributed by atoms with Crippen LogP contribution in [0.5, 0.6) is 5.75 Å². The molecule has 2 aliphatic heterocycles. The van der Waals surface area contributed by atoms with Crippen LogP contribution in [0, 0.1) is 5.92 Å². The van der Waals surface area contributed by atoms with Crippen molar-refractivity contribution in [2.75, 3.05) is 32.1 Å².